The second kappa shape index (κ2) is 4.98. The van der Waals surface area contributed by atoms with Crippen LogP contribution in [0.5, 0.6) is 0 Å². The number of imidazole rings is 1. The van der Waals surface area contributed by atoms with Crippen molar-refractivity contribution in [2.24, 2.45) is 0 Å². The highest BCUT2D eigenvalue weighted by Gasteiger charge is 2.34. The van der Waals surface area contributed by atoms with Crippen LogP contribution in [0.15, 0.2) is 30.6 Å². The van der Waals surface area contributed by atoms with E-state index in [1.165, 1.54) is 18.5 Å². The Hall–Kier alpha value is -2.74. The number of aromatic amines is 1. The van der Waals surface area contributed by atoms with Crippen molar-refractivity contribution in [2.45, 2.75) is 18.5 Å². The molecule has 3 rings (SSSR count). The summed E-state index contributed by atoms with van der Waals surface area (Å²) in [5.41, 5.74) is 2.04. The van der Waals surface area contributed by atoms with Crippen molar-refractivity contribution in [1.82, 2.24) is 9.97 Å². The number of fused-ring (bicyclic) bond motifs is 1. The first kappa shape index (κ1) is 13.3. The van der Waals surface area contributed by atoms with Gasteiger partial charge < -0.3 is 20.2 Å². The molecular formula is C13H12N4O4. The molecule has 21 heavy (non-hydrogen) atoms. The van der Waals surface area contributed by atoms with Crippen molar-refractivity contribution in [1.29, 1.82) is 0 Å². The molecule has 0 radical (unpaired) electrons. The Balaban J connectivity index is 2.03. The third kappa shape index (κ3) is 2.36. The molecule has 2 aromatic rings. The van der Waals surface area contributed by atoms with Gasteiger partial charge in [0.2, 0.25) is 0 Å². The van der Waals surface area contributed by atoms with E-state index in [1.54, 1.807) is 17.4 Å². The van der Waals surface area contributed by atoms with Gasteiger partial charge in [-0.05, 0) is 0 Å². The number of nitro benzene ring substituents is 1. The van der Waals surface area contributed by atoms with Crippen LogP contribution in [-0.4, -0.2) is 26.9 Å². The van der Waals surface area contributed by atoms with Gasteiger partial charge in [-0.2, -0.15) is 0 Å². The lowest BCUT2D eigenvalue weighted by atomic mass is 9.94. The summed E-state index contributed by atoms with van der Waals surface area (Å²) in [4.78, 5) is 28.7. The molecule has 2 heterocycles. The van der Waals surface area contributed by atoms with Gasteiger partial charge in [0.05, 0.1) is 22.9 Å². The molecule has 0 fully saturated rings. The SMILES string of the molecule is O=C([O-])[C@H]1Cc2[nH]cnc2[C@H](c2cccc([N+](=O)[O-])c2)[NH2+]1. The van der Waals surface area contributed by atoms with Crippen LogP contribution in [0.3, 0.4) is 0 Å². The molecule has 0 saturated heterocycles. The third-order valence-electron chi connectivity index (χ3n) is 3.64. The Morgan fingerprint density at radius 2 is 2.29 bits per heavy atom. The van der Waals surface area contributed by atoms with E-state index in [-0.39, 0.29) is 5.69 Å². The van der Waals surface area contributed by atoms with Crippen LogP contribution in [0.2, 0.25) is 0 Å². The molecule has 0 spiro atoms. The standard InChI is InChI=1S/C13H12N4O4/c18-13(19)10-5-9-12(15-6-14-9)11(16-10)7-2-1-3-8(4-7)17(20)21/h1-4,6,10-11,16H,5H2,(H,14,15)(H,18,19)/t10-,11+/m1/s1. The molecule has 2 atom stereocenters. The zero-order valence-corrected chi connectivity index (χ0v) is 10.9. The van der Waals surface area contributed by atoms with Crippen molar-refractivity contribution < 1.29 is 20.1 Å². The number of hydrogen-bond acceptors (Lipinski definition) is 5. The van der Waals surface area contributed by atoms with Gasteiger partial charge in [-0.25, -0.2) is 4.98 Å². The van der Waals surface area contributed by atoms with E-state index in [2.05, 4.69) is 9.97 Å². The maximum Gasteiger partial charge on any atom is 0.269 e. The number of aromatic nitrogens is 2. The Bertz CT molecular complexity index is 712. The Morgan fingerprint density at radius 3 is 3.00 bits per heavy atom. The maximum absolute atomic E-state index is 11.2. The number of nitrogens with zero attached hydrogens (tertiary/aromatic N) is 2. The Kier molecular flexibility index (Phi) is 3.15. The molecule has 0 saturated carbocycles. The number of nitrogens with one attached hydrogen (secondary N) is 1. The molecule has 1 aliphatic rings. The minimum atomic E-state index is -1.16. The van der Waals surface area contributed by atoms with E-state index in [9.17, 15) is 20.0 Å². The predicted molar refractivity (Wildman–Crippen MR) is 68.0 cm³/mol. The van der Waals surface area contributed by atoms with Gasteiger partial charge in [-0.1, -0.05) is 12.1 Å². The molecule has 108 valence electrons. The van der Waals surface area contributed by atoms with Crippen LogP contribution in [0.25, 0.3) is 0 Å². The van der Waals surface area contributed by atoms with E-state index in [4.69, 9.17) is 0 Å². The van der Waals surface area contributed by atoms with Crippen LogP contribution in [0.1, 0.15) is 23.0 Å². The van der Waals surface area contributed by atoms with Crippen molar-refractivity contribution in [3.63, 3.8) is 0 Å². The number of carbonyl (C=O) groups excluding carboxylic acids is 1. The first-order valence-electron chi connectivity index (χ1n) is 6.38. The minimum absolute atomic E-state index is 0.0337. The molecule has 3 N–H and O–H groups in total. The van der Waals surface area contributed by atoms with Crippen molar-refractivity contribution >= 4 is 11.7 Å². The summed E-state index contributed by atoms with van der Waals surface area (Å²) in [6.07, 6.45) is 1.80. The molecule has 8 nitrogen and oxygen atoms in total. The van der Waals surface area contributed by atoms with E-state index >= 15 is 0 Å². The summed E-state index contributed by atoms with van der Waals surface area (Å²) in [6.45, 7) is 0. The Morgan fingerprint density at radius 1 is 1.48 bits per heavy atom. The average Bonchev–Trinajstić information content (AvgIpc) is 2.94. The monoisotopic (exact) mass is 288 g/mol. The van der Waals surface area contributed by atoms with Gasteiger partial charge in [-0.15, -0.1) is 0 Å². The highest BCUT2D eigenvalue weighted by atomic mass is 16.6. The third-order valence-corrected chi connectivity index (χ3v) is 3.64. The molecule has 0 aliphatic carbocycles. The number of carbonyl (C=O) groups is 1. The highest BCUT2D eigenvalue weighted by Crippen LogP contribution is 2.25. The lowest BCUT2D eigenvalue weighted by molar-refractivity contribution is -0.717. The minimum Gasteiger partial charge on any atom is -0.544 e. The number of benzene rings is 1. The van der Waals surface area contributed by atoms with Crippen molar-refractivity contribution in [3.8, 4) is 0 Å². The van der Waals surface area contributed by atoms with Crippen LogP contribution in [0.4, 0.5) is 5.69 Å². The molecule has 1 aliphatic heterocycles. The number of hydrogen-bond donors (Lipinski definition) is 2. The summed E-state index contributed by atoms with van der Waals surface area (Å²) < 4.78 is 0. The van der Waals surface area contributed by atoms with E-state index < -0.39 is 23.0 Å². The number of aliphatic carboxylic acids is 1. The lowest BCUT2D eigenvalue weighted by Gasteiger charge is -2.27. The first-order chi connectivity index (χ1) is 10.1. The Labute approximate surface area is 119 Å². The molecule has 0 amide bonds. The maximum atomic E-state index is 11.2. The summed E-state index contributed by atoms with van der Waals surface area (Å²) in [6, 6.07) is 5.00. The second-order valence-corrected chi connectivity index (χ2v) is 4.92. The number of carboxylic acids is 1. The van der Waals surface area contributed by atoms with Crippen LogP contribution >= 0.6 is 0 Å². The first-order valence-corrected chi connectivity index (χ1v) is 6.38. The number of non-ortho nitro benzene ring substituents is 1. The summed E-state index contributed by atoms with van der Waals surface area (Å²) >= 11 is 0. The second-order valence-electron chi connectivity index (χ2n) is 4.92. The number of nitrogens with two attached hydrogens (primary N) is 1. The molecule has 1 aromatic carbocycles. The largest absolute Gasteiger partial charge is 0.544 e. The molecule has 0 unspecified atom stereocenters. The van der Waals surface area contributed by atoms with Gasteiger partial charge in [0.15, 0.2) is 6.04 Å². The van der Waals surface area contributed by atoms with E-state index in [0.717, 1.165) is 5.69 Å². The molecule has 1 aromatic heterocycles. The number of nitro groups is 1. The van der Waals surface area contributed by atoms with E-state index in [1.807, 2.05) is 0 Å². The number of quaternary nitrogens is 1. The lowest BCUT2D eigenvalue weighted by Crippen LogP contribution is -2.95. The summed E-state index contributed by atoms with van der Waals surface area (Å²) in [5, 5.41) is 23.6. The number of carboxylic acid groups (broad SMARTS) is 1. The predicted octanol–water partition coefficient (Wildman–Crippen LogP) is -1.35. The van der Waals surface area contributed by atoms with Gasteiger partial charge in [0, 0.05) is 24.1 Å². The highest BCUT2D eigenvalue weighted by molar-refractivity contribution is 5.70. The summed E-state index contributed by atoms with van der Waals surface area (Å²) in [5.74, 6) is -1.16. The number of H-pyrrole nitrogens is 1. The average molecular weight is 288 g/mol. The fourth-order valence-corrected chi connectivity index (χ4v) is 2.64. The smallest absolute Gasteiger partial charge is 0.269 e. The normalized spacial score (nSPS) is 20.8. The molecule has 8 heteroatoms. The van der Waals surface area contributed by atoms with E-state index in [0.29, 0.717) is 17.7 Å². The van der Waals surface area contributed by atoms with Gasteiger partial charge in [0.25, 0.3) is 5.69 Å². The topological polar surface area (TPSA) is 129 Å². The van der Waals surface area contributed by atoms with Crippen LogP contribution in [0, 0.1) is 10.1 Å². The fraction of sp³-hybridized carbons (Fsp3) is 0.231. The van der Waals surface area contributed by atoms with Gasteiger partial charge in [-0.3, -0.25) is 10.1 Å². The zero-order valence-electron chi connectivity index (χ0n) is 10.9. The zero-order chi connectivity index (χ0) is 15.0. The van der Waals surface area contributed by atoms with Crippen LogP contribution < -0.4 is 10.4 Å². The number of rotatable bonds is 3. The molecular weight excluding hydrogens is 276 g/mol. The fourth-order valence-electron chi connectivity index (χ4n) is 2.64. The summed E-state index contributed by atoms with van der Waals surface area (Å²) in [7, 11) is 0. The van der Waals surface area contributed by atoms with Crippen molar-refractivity contribution in [3.05, 3.63) is 57.7 Å². The van der Waals surface area contributed by atoms with Crippen molar-refractivity contribution in [2.75, 3.05) is 0 Å². The van der Waals surface area contributed by atoms with Crippen LogP contribution in [-0.2, 0) is 11.2 Å². The quantitative estimate of drug-likeness (QED) is 0.532. The van der Waals surface area contributed by atoms with Gasteiger partial charge in [0.1, 0.15) is 11.7 Å². The molecule has 0 bridgehead atoms. The van der Waals surface area contributed by atoms with Gasteiger partial charge >= 0.3 is 0 Å².